The summed E-state index contributed by atoms with van der Waals surface area (Å²) in [5.74, 6) is -7.32. The van der Waals surface area contributed by atoms with Gasteiger partial charge >= 0.3 is 0 Å². The van der Waals surface area contributed by atoms with E-state index in [0.717, 1.165) is 31.4 Å². The normalized spacial score (nSPS) is 32.2. The largest absolute Gasteiger partial charge is 0.507 e. The van der Waals surface area contributed by atoms with Gasteiger partial charge < -0.3 is 41.3 Å². The predicted molar refractivity (Wildman–Crippen MR) is 148 cm³/mol. The van der Waals surface area contributed by atoms with Crippen molar-refractivity contribution in [2.75, 3.05) is 33.1 Å². The first kappa shape index (κ1) is 28.5. The minimum atomic E-state index is -2.66. The summed E-state index contributed by atoms with van der Waals surface area (Å²) in [5.41, 5.74) is 4.78. The smallest absolute Gasteiger partial charge is 0.230 e. The zero-order chi connectivity index (χ0) is 29.3. The number of phenols is 1. The maximum absolute atomic E-state index is 14.1. The number of nitrogens with zero attached hydrogens (tertiary/aromatic N) is 2. The number of nitrogens with one attached hydrogen (secondary N) is 1. The molecular weight excluding hydrogens is 516 g/mol. The van der Waals surface area contributed by atoms with Crippen LogP contribution < -0.4 is 16.0 Å². The van der Waals surface area contributed by atoms with Crippen molar-refractivity contribution >= 4 is 28.9 Å². The number of fused-ring (bicyclic) bond motifs is 3. The minimum Gasteiger partial charge on any atom is -0.507 e. The number of carbonyl (C=O) groups excluding carboxylic acids is 3. The number of anilines is 1. The lowest BCUT2D eigenvalue weighted by Crippen LogP contribution is -2.73. The molecule has 5 rings (SSSR count). The second-order valence-corrected chi connectivity index (χ2v) is 12.3. The van der Waals surface area contributed by atoms with E-state index in [1.807, 2.05) is 25.1 Å². The van der Waals surface area contributed by atoms with Crippen LogP contribution in [0.4, 0.5) is 5.69 Å². The number of nitrogens with two attached hydrogens (primary N) is 1. The summed E-state index contributed by atoms with van der Waals surface area (Å²) in [5, 5.41) is 49.2. The molecular formula is C29H40N4O7. The van der Waals surface area contributed by atoms with E-state index in [-0.39, 0.29) is 29.7 Å². The molecule has 4 aliphatic carbocycles. The molecule has 0 radical (unpaired) electrons. The van der Waals surface area contributed by atoms with E-state index in [1.165, 1.54) is 0 Å². The summed E-state index contributed by atoms with van der Waals surface area (Å²) < 4.78 is 0. The van der Waals surface area contributed by atoms with E-state index < -0.39 is 58.7 Å². The van der Waals surface area contributed by atoms with Gasteiger partial charge in [0.1, 0.15) is 17.4 Å². The molecule has 0 spiro atoms. The number of aliphatic hydroxyl groups is 3. The molecule has 4 aliphatic rings. The van der Waals surface area contributed by atoms with Gasteiger partial charge in [-0.3, -0.25) is 14.4 Å². The van der Waals surface area contributed by atoms with Gasteiger partial charge in [-0.15, -0.1) is 0 Å². The summed E-state index contributed by atoms with van der Waals surface area (Å²) in [6.45, 7) is 0.373. The molecule has 0 aromatic heterocycles. The van der Waals surface area contributed by atoms with Gasteiger partial charge in [-0.1, -0.05) is 12.8 Å². The molecule has 6 atom stereocenters. The third-order valence-corrected chi connectivity index (χ3v) is 9.56. The van der Waals surface area contributed by atoms with Crippen molar-refractivity contribution in [3.63, 3.8) is 0 Å². The molecule has 11 heteroatoms. The Hall–Kier alpha value is -2.99. The highest BCUT2D eigenvalue weighted by Gasteiger charge is 2.67. The van der Waals surface area contributed by atoms with E-state index in [2.05, 4.69) is 5.32 Å². The lowest BCUT2D eigenvalue weighted by atomic mass is 9.54. The van der Waals surface area contributed by atoms with Gasteiger partial charge in [0, 0.05) is 55.5 Å². The number of Topliss-reactive ketones (excluding diaryl/α,β-unsaturated/α-hetero) is 2. The first-order chi connectivity index (χ1) is 18.8. The molecule has 1 amide bonds. The molecule has 0 heterocycles. The number of rotatable bonds is 6. The van der Waals surface area contributed by atoms with Gasteiger partial charge in [-0.05, 0) is 57.3 Å². The second-order valence-electron chi connectivity index (χ2n) is 12.3. The van der Waals surface area contributed by atoms with Gasteiger partial charge in [0.05, 0.1) is 11.7 Å². The highest BCUT2D eigenvalue weighted by Crippen LogP contribution is 2.53. The monoisotopic (exact) mass is 556 g/mol. The van der Waals surface area contributed by atoms with Crippen LogP contribution in [0.25, 0.3) is 5.76 Å². The van der Waals surface area contributed by atoms with Gasteiger partial charge in [0.2, 0.25) is 11.7 Å². The SMILES string of the molecule is CN(C)c1cc(CNC2CCCC2)c(O)c2c1C[C@@H]1C[C@@H]3C(N(C)C)C(O)C(C(N)=O)C(=O)[C@]3(O)C(=O)C1=C2O. The number of primary amides is 1. The van der Waals surface area contributed by atoms with Crippen LogP contribution in [0.2, 0.25) is 0 Å². The number of phenolic OH excluding ortho intramolecular Hbond substituents is 1. The third kappa shape index (κ3) is 4.13. The van der Waals surface area contributed by atoms with Crippen molar-refractivity contribution < 1.29 is 34.8 Å². The van der Waals surface area contributed by atoms with Crippen LogP contribution in [0.15, 0.2) is 11.6 Å². The van der Waals surface area contributed by atoms with Crippen LogP contribution in [0, 0.1) is 17.8 Å². The molecule has 40 heavy (non-hydrogen) atoms. The van der Waals surface area contributed by atoms with Crippen molar-refractivity contribution in [3.8, 4) is 5.75 Å². The summed E-state index contributed by atoms with van der Waals surface area (Å²) in [6.07, 6.45) is 3.27. The number of aliphatic hydroxyl groups excluding tert-OH is 2. The topological polar surface area (TPSA) is 177 Å². The number of carbonyl (C=O) groups is 3. The fraction of sp³-hybridized carbons (Fsp3) is 0.621. The average Bonchev–Trinajstić information content (AvgIpc) is 3.39. The highest BCUT2D eigenvalue weighted by atomic mass is 16.3. The summed E-state index contributed by atoms with van der Waals surface area (Å²) in [4.78, 5) is 43.2. The fourth-order valence-corrected chi connectivity index (χ4v) is 7.62. The Morgan fingerprint density at radius 3 is 2.38 bits per heavy atom. The van der Waals surface area contributed by atoms with E-state index in [9.17, 15) is 34.8 Å². The fourth-order valence-electron chi connectivity index (χ4n) is 7.62. The van der Waals surface area contributed by atoms with Gasteiger partial charge in [-0.2, -0.15) is 0 Å². The molecule has 1 aromatic rings. The predicted octanol–water partition coefficient (Wildman–Crippen LogP) is 0.227. The van der Waals surface area contributed by atoms with Crippen molar-refractivity contribution in [1.82, 2.24) is 10.2 Å². The minimum absolute atomic E-state index is 0.0941. The van der Waals surface area contributed by atoms with Gasteiger partial charge in [-0.25, -0.2) is 0 Å². The lowest BCUT2D eigenvalue weighted by Gasteiger charge is -2.53. The Bertz CT molecular complexity index is 1290. The number of aromatic hydroxyl groups is 1. The summed E-state index contributed by atoms with van der Waals surface area (Å²) in [6, 6.07) is 1.32. The molecule has 3 fully saturated rings. The van der Waals surface area contributed by atoms with Gasteiger partial charge in [0.25, 0.3) is 0 Å². The van der Waals surface area contributed by atoms with Crippen molar-refractivity contribution in [1.29, 1.82) is 0 Å². The van der Waals surface area contributed by atoms with Crippen molar-refractivity contribution in [2.24, 2.45) is 23.5 Å². The quantitative estimate of drug-likeness (QED) is 0.266. The molecule has 11 nitrogen and oxygen atoms in total. The van der Waals surface area contributed by atoms with E-state index in [4.69, 9.17) is 5.73 Å². The summed E-state index contributed by atoms with van der Waals surface area (Å²) in [7, 11) is 7.00. The Morgan fingerprint density at radius 2 is 1.80 bits per heavy atom. The molecule has 218 valence electrons. The number of benzene rings is 1. The first-order valence-corrected chi connectivity index (χ1v) is 14.0. The first-order valence-electron chi connectivity index (χ1n) is 14.0. The van der Waals surface area contributed by atoms with Crippen LogP contribution in [-0.2, 0) is 27.3 Å². The summed E-state index contributed by atoms with van der Waals surface area (Å²) >= 11 is 0. The van der Waals surface area contributed by atoms with Gasteiger partial charge in [0.15, 0.2) is 11.4 Å². The number of hydrogen-bond acceptors (Lipinski definition) is 10. The molecule has 3 unspecified atom stereocenters. The average molecular weight is 557 g/mol. The van der Waals surface area contributed by atoms with Crippen LogP contribution in [0.3, 0.4) is 0 Å². The molecule has 7 N–H and O–H groups in total. The number of likely N-dealkylation sites (N-methyl/N-ethyl adjacent to an activating group) is 1. The lowest BCUT2D eigenvalue weighted by molar-refractivity contribution is -0.184. The van der Waals surface area contributed by atoms with E-state index in [1.54, 1.807) is 19.0 Å². The molecule has 3 saturated carbocycles. The second kappa shape index (κ2) is 10.1. The molecule has 0 aliphatic heterocycles. The van der Waals surface area contributed by atoms with E-state index in [0.29, 0.717) is 23.7 Å². The Kier molecular flexibility index (Phi) is 7.23. The molecule has 1 aromatic carbocycles. The highest BCUT2D eigenvalue weighted by molar-refractivity contribution is 6.25. The van der Waals surface area contributed by atoms with Crippen molar-refractivity contribution in [2.45, 2.75) is 68.9 Å². The maximum Gasteiger partial charge on any atom is 0.230 e. The maximum atomic E-state index is 14.1. The molecule has 0 saturated heterocycles. The van der Waals surface area contributed by atoms with Crippen molar-refractivity contribution in [3.05, 3.63) is 28.3 Å². The zero-order valence-electron chi connectivity index (χ0n) is 23.5. The van der Waals surface area contributed by atoms with Crippen LogP contribution in [-0.4, -0.2) is 94.8 Å². The zero-order valence-corrected chi connectivity index (χ0v) is 23.5. The Morgan fingerprint density at radius 1 is 1.15 bits per heavy atom. The number of amides is 1. The number of hydrogen-bond donors (Lipinski definition) is 6. The molecule has 0 bridgehead atoms. The third-order valence-electron chi connectivity index (χ3n) is 9.56. The Labute approximate surface area is 233 Å². The Balaban J connectivity index is 1.63. The number of ketones is 2. The van der Waals surface area contributed by atoms with E-state index >= 15 is 0 Å². The van der Waals surface area contributed by atoms with Crippen LogP contribution in [0.1, 0.15) is 48.8 Å². The van der Waals surface area contributed by atoms with Crippen LogP contribution >= 0.6 is 0 Å². The standard InChI is InChI=1S/C29H40N4O7/c1-32(2)18-11-14(12-31-15-7-5-6-8-15)23(34)20-16(18)9-13-10-17-22(33(3)4)25(36)21(28(30)39)27(38)29(17,40)26(37)19(13)24(20)35/h11,13,15,17,21-22,25,31,34-36,40H,5-10,12H2,1-4H3,(H2,30,39)/t13-,17-,21?,22?,25?,29-/m1/s1. The van der Waals surface area contributed by atoms with Crippen LogP contribution in [0.5, 0.6) is 5.75 Å².